The smallest absolute Gasteiger partial charge is 0.248 e. The molecule has 3 rings (SSSR count). The van der Waals surface area contributed by atoms with E-state index < -0.39 is 6.04 Å². The molecule has 0 saturated heterocycles. The molecule has 1 N–H and O–H groups in total. The summed E-state index contributed by atoms with van der Waals surface area (Å²) in [5.41, 5.74) is 2.45. The van der Waals surface area contributed by atoms with Gasteiger partial charge in [-0.2, -0.15) is 0 Å². The minimum atomic E-state index is -0.831. The number of amides is 2. The molecule has 1 heterocycles. The summed E-state index contributed by atoms with van der Waals surface area (Å²) >= 11 is 5.99. The van der Waals surface area contributed by atoms with Gasteiger partial charge in [-0.1, -0.05) is 58.2 Å². The van der Waals surface area contributed by atoms with Gasteiger partial charge in [-0.15, -0.1) is 11.6 Å². The van der Waals surface area contributed by atoms with Gasteiger partial charge < -0.3 is 5.32 Å². The van der Waals surface area contributed by atoms with Gasteiger partial charge in [0.1, 0.15) is 11.9 Å². The maximum Gasteiger partial charge on any atom is 0.248 e. The van der Waals surface area contributed by atoms with Crippen molar-refractivity contribution in [2.24, 2.45) is 0 Å². The van der Waals surface area contributed by atoms with Gasteiger partial charge in [-0.25, -0.2) is 0 Å². The summed E-state index contributed by atoms with van der Waals surface area (Å²) in [6, 6.07) is 10.7. The van der Waals surface area contributed by atoms with Gasteiger partial charge in [0, 0.05) is 29.7 Å². The van der Waals surface area contributed by atoms with Crippen LogP contribution in [0.1, 0.15) is 70.0 Å². The van der Waals surface area contributed by atoms with Crippen molar-refractivity contribution in [2.75, 3.05) is 10.8 Å². The molecule has 0 bridgehead atoms. The highest BCUT2D eigenvalue weighted by Crippen LogP contribution is 2.31. The Morgan fingerprint density at radius 1 is 1.13 bits per heavy atom. The highest BCUT2D eigenvalue weighted by molar-refractivity contribution is 6.29. The van der Waals surface area contributed by atoms with Gasteiger partial charge in [0.05, 0.1) is 0 Å². The van der Waals surface area contributed by atoms with Gasteiger partial charge in [0.2, 0.25) is 11.8 Å². The molecule has 2 amide bonds. The lowest BCUT2D eigenvalue weighted by Crippen LogP contribution is -2.47. The Balaban J connectivity index is 1.99. The van der Waals surface area contributed by atoms with Crippen molar-refractivity contribution in [1.29, 1.82) is 0 Å². The quantitative estimate of drug-likeness (QED) is 0.631. The molecule has 1 saturated carbocycles. The second-order valence-electron chi connectivity index (χ2n) is 9.23. The summed E-state index contributed by atoms with van der Waals surface area (Å²) < 4.78 is 0. The van der Waals surface area contributed by atoms with Crippen LogP contribution in [-0.4, -0.2) is 28.7 Å². The van der Waals surface area contributed by atoms with Crippen LogP contribution in [-0.2, 0) is 15.0 Å². The second-order valence-corrected chi connectivity index (χ2v) is 9.49. The monoisotopic (exact) mass is 441 g/mol. The Bertz CT molecular complexity index is 872. The van der Waals surface area contributed by atoms with Gasteiger partial charge in [-0.3, -0.25) is 19.5 Å². The zero-order valence-corrected chi connectivity index (χ0v) is 19.4. The first-order chi connectivity index (χ1) is 14.8. The number of pyridine rings is 1. The number of anilines is 1. The molecule has 166 valence electrons. The van der Waals surface area contributed by atoms with Gasteiger partial charge >= 0.3 is 0 Å². The first kappa shape index (κ1) is 23.3. The first-order valence-corrected chi connectivity index (χ1v) is 11.5. The van der Waals surface area contributed by atoms with Crippen LogP contribution in [0.4, 0.5) is 5.69 Å². The highest BCUT2D eigenvalue weighted by atomic mass is 35.5. The molecule has 31 heavy (non-hydrogen) atoms. The number of halogens is 1. The fraction of sp³-hybridized carbons (Fsp3) is 0.480. The number of alkyl halides is 1. The van der Waals surface area contributed by atoms with E-state index in [-0.39, 0.29) is 29.2 Å². The maximum absolute atomic E-state index is 13.5. The summed E-state index contributed by atoms with van der Waals surface area (Å²) in [5, 5.41) is 3.18. The summed E-state index contributed by atoms with van der Waals surface area (Å²) in [6.45, 7) is 6.42. The van der Waals surface area contributed by atoms with Crippen molar-refractivity contribution >= 4 is 29.1 Å². The van der Waals surface area contributed by atoms with E-state index >= 15 is 0 Å². The second kappa shape index (κ2) is 10.3. The van der Waals surface area contributed by atoms with Crippen LogP contribution in [0.15, 0.2) is 48.8 Å². The third-order valence-electron chi connectivity index (χ3n) is 5.85. The minimum Gasteiger partial charge on any atom is -0.351 e. The van der Waals surface area contributed by atoms with E-state index in [1.807, 2.05) is 30.3 Å². The van der Waals surface area contributed by atoms with Crippen molar-refractivity contribution in [3.63, 3.8) is 0 Å². The number of rotatable bonds is 6. The molecule has 1 aliphatic carbocycles. The Kier molecular flexibility index (Phi) is 7.71. The van der Waals surface area contributed by atoms with Crippen LogP contribution in [0.2, 0.25) is 0 Å². The summed E-state index contributed by atoms with van der Waals surface area (Å²) in [4.78, 5) is 32.2. The van der Waals surface area contributed by atoms with Gasteiger partial charge in [0.25, 0.3) is 0 Å². The molecule has 1 fully saturated rings. The van der Waals surface area contributed by atoms with E-state index in [2.05, 4.69) is 31.1 Å². The first-order valence-electron chi connectivity index (χ1n) is 11.0. The SMILES string of the molecule is CC(C)(C)c1ccc(N(C(=O)CCl)C(C(=O)NC2CCCCC2)c2cccnc2)cc1. The average Bonchev–Trinajstić information content (AvgIpc) is 2.77. The average molecular weight is 442 g/mol. The zero-order valence-electron chi connectivity index (χ0n) is 18.6. The lowest BCUT2D eigenvalue weighted by atomic mass is 9.87. The molecule has 1 aliphatic rings. The van der Waals surface area contributed by atoms with E-state index in [0.29, 0.717) is 11.3 Å². The number of benzene rings is 1. The van der Waals surface area contributed by atoms with E-state index in [9.17, 15) is 9.59 Å². The molecule has 1 aromatic heterocycles. The number of carbonyl (C=O) groups excluding carboxylic acids is 2. The normalized spacial score (nSPS) is 15.9. The molecule has 0 radical (unpaired) electrons. The Hall–Kier alpha value is -2.40. The number of hydrogen-bond donors (Lipinski definition) is 1. The van der Waals surface area contributed by atoms with Crippen LogP contribution in [0, 0.1) is 0 Å². The molecule has 5 nitrogen and oxygen atoms in total. The van der Waals surface area contributed by atoms with E-state index in [4.69, 9.17) is 11.6 Å². The standard InChI is InChI=1S/C25H32ClN3O2/c1-25(2,3)19-11-13-21(14-12-19)29(22(30)16-26)23(18-8-7-15-27-17-18)24(31)28-20-9-5-4-6-10-20/h7-8,11-15,17,20,23H,4-6,9-10,16H2,1-3H3,(H,28,31). The highest BCUT2D eigenvalue weighted by Gasteiger charge is 2.34. The molecular formula is C25H32ClN3O2. The molecule has 0 aliphatic heterocycles. The molecular weight excluding hydrogens is 410 g/mol. The predicted octanol–water partition coefficient (Wildman–Crippen LogP) is 5.14. The number of nitrogens with zero attached hydrogens (tertiary/aromatic N) is 2. The summed E-state index contributed by atoms with van der Waals surface area (Å²) in [7, 11) is 0. The fourth-order valence-corrected chi connectivity index (χ4v) is 4.23. The van der Waals surface area contributed by atoms with E-state index in [1.165, 1.54) is 11.3 Å². The molecule has 1 atom stereocenters. The van der Waals surface area contributed by atoms with Crippen molar-refractivity contribution in [3.05, 3.63) is 59.9 Å². The van der Waals surface area contributed by atoms with Gasteiger partial charge in [0.15, 0.2) is 0 Å². The zero-order chi connectivity index (χ0) is 22.4. The van der Waals surface area contributed by atoms with Crippen LogP contribution < -0.4 is 10.2 Å². The van der Waals surface area contributed by atoms with E-state index in [1.54, 1.807) is 18.5 Å². The van der Waals surface area contributed by atoms with E-state index in [0.717, 1.165) is 31.2 Å². The molecule has 2 aromatic rings. The number of carbonyl (C=O) groups is 2. The third-order valence-corrected chi connectivity index (χ3v) is 6.08. The summed E-state index contributed by atoms with van der Waals surface area (Å²) in [6.07, 6.45) is 8.66. The van der Waals surface area contributed by atoms with Crippen LogP contribution in [0.25, 0.3) is 0 Å². The van der Waals surface area contributed by atoms with Crippen molar-refractivity contribution < 1.29 is 9.59 Å². The van der Waals surface area contributed by atoms with Crippen LogP contribution in [0.3, 0.4) is 0 Å². The summed E-state index contributed by atoms with van der Waals surface area (Å²) in [5.74, 6) is -0.731. The van der Waals surface area contributed by atoms with Gasteiger partial charge in [-0.05, 0) is 42.0 Å². The Morgan fingerprint density at radius 2 is 1.81 bits per heavy atom. The molecule has 0 spiro atoms. The number of hydrogen-bond acceptors (Lipinski definition) is 3. The van der Waals surface area contributed by atoms with Crippen LogP contribution in [0.5, 0.6) is 0 Å². The lowest BCUT2D eigenvalue weighted by Gasteiger charge is -2.33. The molecule has 1 unspecified atom stereocenters. The predicted molar refractivity (Wildman–Crippen MR) is 125 cm³/mol. The number of aromatic nitrogens is 1. The molecule has 1 aromatic carbocycles. The third kappa shape index (κ3) is 5.85. The Morgan fingerprint density at radius 3 is 2.35 bits per heavy atom. The topological polar surface area (TPSA) is 62.3 Å². The Labute approximate surface area is 190 Å². The van der Waals surface area contributed by atoms with Crippen molar-refractivity contribution in [3.8, 4) is 0 Å². The van der Waals surface area contributed by atoms with Crippen LogP contribution >= 0.6 is 11.6 Å². The lowest BCUT2D eigenvalue weighted by molar-refractivity contribution is -0.126. The maximum atomic E-state index is 13.5. The largest absolute Gasteiger partial charge is 0.351 e. The fourth-order valence-electron chi connectivity index (χ4n) is 4.11. The molecule has 6 heteroatoms. The minimum absolute atomic E-state index is 0.0129. The number of nitrogens with one attached hydrogen (secondary N) is 1. The van der Waals surface area contributed by atoms with Crippen molar-refractivity contribution in [1.82, 2.24) is 10.3 Å². The van der Waals surface area contributed by atoms with Crippen molar-refractivity contribution in [2.45, 2.75) is 70.4 Å².